The number of hydrogen-bond donors (Lipinski definition) is 3. The average Bonchev–Trinajstić information content (AvgIpc) is 2.77. The molecule has 0 bridgehead atoms. The lowest BCUT2D eigenvalue weighted by Crippen LogP contribution is -2.32. The summed E-state index contributed by atoms with van der Waals surface area (Å²) >= 11 is 3.98. The number of nitrogens with two attached hydrogens (primary N) is 1. The van der Waals surface area contributed by atoms with Crippen LogP contribution in [0.4, 0.5) is 0 Å². The van der Waals surface area contributed by atoms with Crippen molar-refractivity contribution in [1.82, 2.24) is 4.57 Å². The van der Waals surface area contributed by atoms with E-state index in [9.17, 15) is 9.59 Å². The zero-order chi connectivity index (χ0) is 14.0. The first-order valence-corrected chi connectivity index (χ1v) is 6.39. The molecule has 1 unspecified atom stereocenters. The number of aromatic nitrogens is 1. The monoisotopic (exact) mass is 278 g/mol. The van der Waals surface area contributed by atoms with Gasteiger partial charge in [-0.25, -0.2) is 0 Å². The van der Waals surface area contributed by atoms with Gasteiger partial charge in [0.25, 0.3) is 0 Å². The van der Waals surface area contributed by atoms with E-state index in [1.165, 1.54) is 4.57 Å². The minimum Gasteiger partial charge on any atom is -0.480 e. The van der Waals surface area contributed by atoms with E-state index in [0.717, 1.165) is 16.5 Å². The summed E-state index contributed by atoms with van der Waals surface area (Å²) in [4.78, 5) is 22.6. The van der Waals surface area contributed by atoms with Crippen LogP contribution in [-0.4, -0.2) is 33.3 Å². The summed E-state index contributed by atoms with van der Waals surface area (Å²) in [5, 5.41) is 9.71. The molecule has 0 spiro atoms. The van der Waals surface area contributed by atoms with Gasteiger partial charge in [-0.15, -0.1) is 0 Å². The highest BCUT2D eigenvalue weighted by Gasteiger charge is 2.17. The fraction of sp³-hybridized carbons (Fsp3) is 0.231. The van der Waals surface area contributed by atoms with E-state index in [2.05, 4.69) is 12.6 Å². The van der Waals surface area contributed by atoms with Crippen molar-refractivity contribution in [3.05, 3.63) is 36.0 Å². The van der Waals surface area contributed by atoms with Crippen molar-refractivity contribution in [2.75, 3.05) is 5.75 Å². The molecule has 19 heavy (non-hydrogen) atoms. The summed E-state index contributed by atoms with van der Waals surface area (Å²) in [6, 6.07) is 6.35. The lowest BCUT2D eigenvalue weighted by molar-refractivity contribution is -0.138. The molecule has 0 aliphatic heterocycles. The highest BCUT2D eigenvalue weighted by atomic mass is 32.1. The zero-order valence-corrected chi connectivity index (χ0v) is 11.0. The third kappa shape index (κ3) is 2.64. The summed E-state index contributed by atoms with van der Waals surface area (Å²) in [6.07, 6.45) is 1.83. The molecule has 2 rings (SSSR count). The minimum absolute atomic E-state index is 0.0864. The lowest BCUT2D eigenvalue weighted by Gasteiger charge is -2.04. The predicted octanol–water partition coefficient (Wildman–Crippen LogP) is 1.17. The van der Waals surface area contributed by atoms with Gasteiger partial charge < -0.3 is 10.8 Å². The molecule has 5 nitrogen and oxygen atoms in total. The highest BCUT2D eigenvalue weighted by molar-refractivity contribution is 7.81. The van der Waals surface area contributed by atoms with E-state index in [4.69, 9.17) is 10.8 Å². The third-order valence-corrected chi connectivity index (χ3v) is 3.23. The Hall–Kier alpha value is -1.79. The molecule has 100 valence electrons. The summed E-state index contributed by atoms with van der Waals surface area (Å²) < 4.78 is 1.49. The number of hydrogen-bond acceptors (Lipinski definition) is 4. The Bertz CT molecular complexity index is 636. The van der Waals surface area contributed by atoms with E-state index < -0.39 is 12.0 Å². The van der Waals surface area contributed by atoms with Gasteiger partial charge in [0.05, 0.1) is 11.3 Å². The Morgan fingerprint density at radius 3 is 2.68 bits per heavy atom. The summed E-state index contributed by atoms with van der Waals surface area (Å²) in [5.41, 5.74) is 7.04. The molecular weight excluding hydrogens is 264 g/mol. The number of fused-ring (bicyclic) bond motifs is 1. The number of carbonyl (C=O) groups excluding carboxylic acids is 1. The smallest absolute Gasteiger partial charge is 0.320 e. The fourth-order valence-electron chi connectivity index (χ4n) is 2.02. The van der Waals surface area contributed by atoms with Gasteiger partial charge in [0.1, 0.15) is 6.04 Å². The molecule has 0 aliphatic carbocycles. The van der Waals surface area contributed by atoms with Crippen LogP contribution in [0.5, 0.6) is 0 Å². The van der Waals surface area contributed by atoms with Gasteiger partial charge in [-0.1, -0.05) is 18.2 Å². The zero-order valence-electron chi connectivity index (χ0n) is 10.1. The molecule has 1 aromatic heterocycles. The van der Waals surface area contributed by atoms with Gasteiger partial charge in [-0.2, -0.15) is 12.6 Å². The van der Waals surface area contributed by atoms with Crippen LogP contribution in [0.25, 0.3) is 10.9 Å². The van der Waals surface area contributed by atoms with Gasteiger partial charge >= 0.3 is 5.97 Å². The van der Waals surface area contributed by atoms with Crippen molar-refractivity contribution in [1.29, 1.82) is 0 Å². The first-order chi connectivity index (χ1) is 9.04. The first-order valence-electron chi connectivity index (χ1n) is 5.76. The Kier molecular flexibility index (Phi) is 3.92. The molecule has 2 aromatic rings. The molecule has 3 N–H and O–H groups in total. The molecule has 0 aliphatic rings. The Balaban J connectivity index is 2.50. The second-order valence-corrected chi connectivity index (χ2v) is 4.56. The van der Waals surface area contributed by atoms with Crippen molar-refractivity contribution in [3.8, 4) is 0 Å². The second kappa shape index (κ2) is 5.46. The summed E-state index contributed by atoms with van der Waals surface area (Å²) in [6.45, 7) is 0. The number of para-hydroxylation sites is 1. The first kappa shape index (κ1) is 13.6. The van der Waals surface area contributed by atoms with Crippen LogP contribution in [0.2, 0.25) is 0 Å². The highest BCUT2D eigenvalue weighted by Crippen LogP contribution is 2.22. The molecule has 0 fully saturated rings. The number of thiol groups is 1. The van der Waals surface area contributed by atoms with E-state index in [1.807, 2.05) is 24.3 Å². The van der Waals surface area contributed by atoms with Crippen molar-refractivity contribution < 1.29 is 14.7 Å². The normalized spacial score (nSPS) is 12.5. The van der Waals surface area contributed by atoms with Crippen LogP contribution in [0, 0.1) is 0 Å². The number of benzene rings is 1. The number of aliphatic carboxylic acids is 1. The van der Waals surface area contributed by atoms with Crippen molar-refractivity contribution in [3.63, 3.8) is 0 Å². The van der Waals surface area contributed by atoms with Gasteiger partial charge in [-0.05, 0) is 11.6 Å². The van der Waals surface area contributed by atoms with E-state index in [0.29, 0.717) is 0 Å². The molecule has 0 amide bonds. The van der Waals surface area contributed by atoms with Crippen molar-refractivity contribution in [2.24, 2.45) is 5.73 Å². The number of carboxylic acids is 1. The second-order valence-electron chi connectivity index (χ2n) is 4.24. The van der Waals surface area contributed by atoms with Crippen LogP contribution in [0.1, 0.15) is 10.4 Å². The third-order valence-electron chi connectivity index (χ3n) is 2.96. The topological polar surface area (TPSA) is 85.3 Å². The van der Waals surface area contributed by atoms with Crippen molar-refractivity contribution >= 4 is 35.4 Å². The maximum absolute atomic E-state index is 11.8. The number of carboxylic acid groups (broad SMARTS) is 1. The minimum atomic E-state index is -1.06. The Morgan fingerprint density at radius 1 is 1.37 bits per heavy atom. The van der Waals surface area contributed by atoms with Crippen LogP contribution in [0.15, 0.2) is 30.5 Å². The molecule has 1 aromatic carbocycles. The molecule has 0 saturated carbocycles. The van der Waals surface area contributed by atoms with Crippen LogP contribution < -0.4 is 5.73 Å². The number of rotatable bonds is 4. The summed E-state index contributed by atoms with van der Waals surface area (Å²) in [7, 11) is 0. The fourth-order valence-corrected chi connectivity index (χ4v) is 2.17. The van der Waals surface area contributed by atoms with Gasteiger partial charge in [-0.3, -0.25) is 14.2 Å². The maximum Gasteiger partial charge on any atom is 0.320 e. The Labute approximate surface area is 115 Å². The van der Waals surface area contributed by atoms with Gasteiger partial charge in [0.15, 0.2) is 0 Å². The quantitative estimate of drug-likeness (QED) is 0.733. The molecule has 6 heteroatoms. The van der Waals surface area contributed by atoms with Crippen LogP contribution in [-0.2, 0) is 11.2 Å². The average molecular weight is 278 g/mol. The number of nitrogens with zero attached hydrogens (tertiary/aromatic N) is 1. The summed E-state index contributed by atoms with van der Waals surface area (Å²) in [5.74, 6) is -1.13. The lowest BCUT2D eigenvalue weighted by atomic mass is 10.1. The molecule has 0 saturated heterocycles. The van der Waals surface area contributed by atoms with E-state index in [-0.39, 0.29) is 18.1 Å². The van der Waals surface area contributed by atoms with Crippen molar-refractivity contribution in [2.45, 2.75) is 12.5 Å². The molecule has 1 atom stereocenters. The SMILES string of the molecule is NC(Cc1cn(C(=O)CS)c2ccccc12)C(=O)O. The maximum atomic E-state index is 11.8. The van der Waals surface area contributed by atoms with E-state index in [1.54, 1.807) is 6.20 Å². The largest absolute Gasteiger partial charge is 0.480 e. The van der Waals surface area contributed by atoms with Crippen LogP contribution in [0.3, 0.4) is 0 Å². The Morgan fingerprint density at radius 2 is 2.05 bits per heavy atom. The van der Waals surface area contributed by atoms with Crippen LogP contribution >= 0.6 is 12.6 Å². The van der Waals surface area contributed by atoms with Gasteiger partial charge in [0, 0.05) is 18.0 Å². The standard InChI is InChI=1S/C13H14N2O3S/c14-10(13(17)18)5-8-6-15(12(16)7-19)11-4-2-1-3-9(8)11/h1-4,6,10,19H,5,7,14H2,(H,17,18). The van der Waals surface area contributed by atoms with Gasteiger partial charge in [0.2, 0.25) is 5.91 Å². The predicted molar refractivity (Wildman–Crippen MR) is 75.7 cm³/mol. The molecular formula is C13H14N2O3S. The van der Waals surface area contributed by atoms with E-state index >= 15 is 0 Å². The molecule has 0 radical (unpaired) electrons. The molecule has 1 heterocycles. The number of carbonyl (C=O) groups is 2.